The minimum absolute atomic E-state index is 0.0177. The van der Waals surface area contributed by atoms with Gasteiger partial charge in [0.15, 0.2) is 5.17 Å². The Morgan fingerprint density at radius 3 is 2.42 bits per heavy atom. The number of esters is 1. The van der Waals surface area contributed by atoms with E-state index < -0.39 is 11.2 Å². The lowest BCUT2D eigenvalue weighted by molar-refractivity contribution is -0.130. The Labute approximate surface area is 225 Å². The molecule has 1 unspecified atom stereocenters. The van der Waals surface area contributed by atoms with Crippen LogP contribution in [0.4, 0.5) is 10.1 Å². The third-order valence-electron chi connectivity index (χ3n) is 5.84. The van der Waals surface area contributed by atoms with E-state index in [4.69, 9.17) is 4.74 Å². The zero-order valence-corrected chi connectivity index (χ0v) is 21.7. The SMILES string of the molecule is CCOC(=O)c1ccc(N=C2SC(C(=O)NCCc3ccccc3)CC(=O)N2Cc2ccc(F)cc2)cc1. The van der Waals surface area contributed by atoms with Gasteiger partial charge >= 0.3 is 5.97 Å². The Hall–Kier alpha value is -3.98. The molecule has 0 aromatic heterocycles. The van der Waals surface area contributed by atoms with Crippen LogP contribution in [0, 0.1) is 5.82 Å². The summed E-state index contributed by atoms with van der Waals surface area (Å²) >= 11 is 1.21. The Bertz CT molecular complexity index is 1300. The maximum atomic E-state index is 13.4. The standard InChI is InChI=1S/C29H28FN3O4S/c1-2-37-28(36)22-10-14-24(15-11-22)32-29-33(19-21-8-12-23(30)13-9-21)26(34)18-25(38-29)27(35)31-17-16-20-6-4-3-5-7-20/h3-15,25H,2,16-19H2,1H3,(H,31,35). The van der Waals surface area contributed by atoms with Crippen molar-refractivity contribution in [1.29, 1.82) is 0 Å². The van der Waals surface area contributed by atoms with Crippen LogP contribution in [-0.4, -0.2) is 46.3 Å². The zero-order chi connectivity index (χ0) is 26.9. The first-order valence-corrected chi connectivity index (χ1v) is 13.2. The second-order valence-corrected chi connectivity index (χ2v) is 9.78. The van der Waals surface area contributed by atoms with E-state index in [9.17, 15) is 18.8 Å². The fourth-order valence-electron chi connectivity index (χ4n) is 3.85. The van der Waals surface area contributed by atoms with Crippen molar-refractivity contribution < 1.29 is 23.5 Å². The van der Waals surface area contributed by atoms with Gasteiger partial charge in [0.2, 0.25) is 11.8 Å². The molecule has 1 aliphatic heterocycles. The number of hydrogen-bond acceptors (Lipinski definition) is 6. The van der Waals surface area contributed by atoms with Gasteiger partial charge < -0.3 is 10.1 Å². The molecule has 38 heavy (non-hydrogen) atoms. The number of thioether (sulfide) groups is 1. The van der Waals surface area contributed by atoms with Crippen molar-refractivity contribution in [2.24, 2.45) is 4.99 Å². The lowest BCUT2D eigenvalue weighted by atomic mass is 10.1. The molecule has 9 heteroatoms. The van der Waals surface area contributed by atoms with Crippen LogP contribution in [0.2, 0.25) is 0 Å². The molecule has 0 spiro atoms. The summed E-state index contributed by atoms with van der Waals surface area (Å²) in [5.41, 5.74) is 2.75. The maximum absolute atomic E-state index is 13.4. The zero-order valence-electron chi connectivity index (χ0n) is 20.9. The average molecular weight is 534 g/mol. The molecule has 3 aromatic carbocycles. The van der Waals surface area contributed by atoms with E-state index in [1.165, 1.54) is 28.8 Å². The Balaban J connectivity index is 1.51. The smallest absolute Gasteiger partial charge is 0.338 e. The average Bonchev–Trinajstić information content (AvgIpc) is 2.92. The van der Waals surface area contributed by atoms with Crippen molar-refractivity contribution in [3.05, 3.63) is 101 Å². The minimum Gasteiger partial charge on any atom is -0.462 e. The van der Waals surface area contributed by atoms with Crippen LogP contribution in [-0.2, 0) is 27.3 Å². The topological polar surface area (TPSA) is 88.1 Å². The van der Waals surface area contributed by atoms with E-state index in [0.717, 1.165) is 11.1 Å². The molecule has 0 saturated carbocycles. The lowest BCUT2D eigenvalue weighted by Gasteiger charge is -2.32. The third kappa shape index (κ3) is 7.29. The van der Waals surface area contributed by atoms with Crippen LogP contribution in [0.25, 0.3) is 0 Å². The molecule has 196 valence electrons. The van der Waals surface area contributed by atoms with Gasteiger partial charge in [-0.2, -0.15) is 0 Å². The van der Waals surface area contributed by atoms with Gasteiger partial charge in [0.05, 0.1) is 29.7 Å². The molecule has 0 bridgehead atoms. The van der Waals surface area contributed by atoms with E-state index >= 15 is 0 Å². The number of amidine groups is 1. The van der Waals surface area contributed by atoms with Gasteiger partial charge in [-0.15, -0.1) is 0 Å². The number of nitrogens with zero attached hydrogens (tertiary/aromatic N) is 2. The number of carbonyl (C=O) groups is 3. The monoisotopic (exact) mass is 533 g/mol. The number of hydrogen-bond donors (Lipinski definition) is 1. The number of rotatable bonds is 9. The highest BCUT2D eigenvalue weighted by atomic mass is 32.2. The van der Waals surface area contributed by atoms with Gasteiger partial charge in [0, 0.05) is 13.0 Å². The summed E-state index contributed by atoms with van der Waals surface area (Å²) in [6.07, 6.45) is 0.701. The molecule has 1 N–H and O–H groups in total. The predicted octanol–water partition coefficient (Wildman–Crippen LogP) is 4.88. The van der Waals surface area contributed by atoms with Crippen LogP contribution < -0.4 is 5.32 Å². The molecule has 7 nitrogen and oxygen atoms in total. The molecule has 1 heterocycles. The fraction of sp³-hybridized carbons (Fsp3) is 0.241. The van der Waals surface area contributed by atoms with Crippen molar-refractivity contribution in [3.63, 3.8) is 0 Å². The molecule has 1 atom stereocenters. The number of benzene rings is 3. The van der Waals surface area contributed by atoms with Crippen LogP contribution in [0.1, 0.15) is 34.8 Å². The highest BCUT2D eigenvalue weighted by Gasteiger charge is 2.35. The molecular formula is C29H28FN3O4S. The third-order valence-corrected chi connectivity index (χ3v) is 7.03. The number of aliphatic imine (C=N–C) groups is 1. The van der Waals surface area contributed by atoms with E-state index in [-0.39, 0.29) is 37.2 Å². The van der Waals surface area contributed by atoms with Crippen LogP contribution >= 0.6 is 11.8 Å². The molecule has 0 aliphatic carbocycles. The van der Waals surface area contributed by atoms with Gasteiger partial charge in [0.25, 0.3) is 0 Å². The molecule has 2 amide bonds. The minimum atomic E-state index is -0.639. The maximum Gasteiger partial charge on any atom is 0.338 e. The first-order valence-electron chi connectivity index (χ1n) is 12.3. The molecular weight excluding hydrogens is 505 g/mol. The predicted molar refractivity (Wildman–Crippen MR) is 146 cm³/mol. The van der Waals surface area contributed by atoms with Gasteiger partial charge in [0.1, 0.15) is 5.82 Å². The van der Waals surface area contributed by atoms with Crippen molar-refractivity contribution >= 4 is 40.4 Å². The van der Waals surface area contributed by atoms with Crippen molar-refractivity contribution in [2.45, 2.75) is 31.6 Å². The summed E-state index contributed by atoms with van der Waals surface area (Å²) in [6, 6.07) is 22.2. The van der Waals surface area contributed by atoms with Gasteiger partial charge in [-0.3, -0.25) is 14.5 Å². The highest BCUT2D eigenvalue weighted by molar-refractivity contribution is 8.15. The van der Waals surface area contributed by atoms with Crippen molar-refractivity contribution in [1.82, 2.24) is 10.2 Å². The summed E-state index contributed by atoms with van der Waals surface area (Å²) in [5.74, 6) is -1.28. The molecule has 3 aromatic rings. The number of ether oxygens (including phenoxy) is 1. The normalized spacial score (nSPS) is 16.4. The second kappa shape index (κ2) is 13.0. The van der Waals surface area contributed by atoms with Crippen molar-refractivity contribution in [2.75, 3.05) is 13.2 Å². The van der Waals surface area contributed by atoms with Gasteiger partial charge in [-0.05, 0) is 60.9 Å². The Morgan fingerprint density at radius 2 is 1.74 bits per heavy atom. The van der Waals surface area contributed by atoms with Gasteiger partial charge in [-0.25, -0.2) is 14.2 Å². The van der Waals surface area contributed by atoms with Crippen LogP contribution in [0.3, 0.4) is 0 Å². The van der Waals surface area contributed by atoms with E-state index in [0.29, 0.717) is 29.4 Å². The summed E-state index contributed by atoms with van der Waals surface area (Å²) in [7, 11) is 0. The largest absolute Gasteiger partial charge is 0.462 e. The van der Waals surface area contributed by atoms with Crippen molar-refractivity contribution in [3.8, 4) is 0 Å². The molecule has 1 aliphatic rings. The Kier molecular flexibility index (Phi) is 9.26. The first kappa shape index (κ1) is 27.1. The summed E-state index contributed by atoms with van der Waals surface area (Å²) in [4.78, 5) is 44.3. The number of nitrogens with one attached hydrogen (secondary N) is 1. The lowest BCUT2D eigenvalue weighted by Crippen LogP contribution is -2.46. The van der Waals surface area contributed by atoms with E-state index in [2.05, 4.69) is 10.3 Å². The fourth-order valence-corrected chi connectivity index (χ4v) is 4.98. The first-order chi connectivity index (χ1) is 18.4. The quantitative estimate of drug-likeness (QED) is 0.396. The second-order valence-electron chi connectivity index (χ2n) is 8.61. The molecule has 0 radical (unpaired) electrons. The van der Waals surface area contributed by atoms with E-state index in [1.54, 1.807) is 43.3 Å². The van der Waals surface area contributed by atoms with Gasteiger partial charge in [-0.1, -0.05) is 54.2 Å². The Morgan fingerprint density at radius 1 is 1.03 bits per heavy atom. The molecule has 1 fully saturated rings. The number of halogens is 1. The molecule has 4 rings (SSSR count). The molecule has 1 saturated heterocycles. The number of carbonyl (C=O) groups excluding carboxylic acids is 3. The summed E-state index contributed by atoms with van der Waals surface area (Å²) in [6.45, 7) is 2.65. The summed E-state index contributed by atoms with van der Waals surface area (Å²) < 4.78 is 18.4. The van der Waals surface area contributed by atoms with Crippen LogP contribution in [0.15, 0.2) is 83.9 Å². The summed E-state index contributed by atoms with van der Waals surface area (Å²) in [5, 5.41) is 2.65. The van der Waals surface area contributed by atoms with Crippen LogP contribution in [0.5, 0.6) is 0 Å². The van der Waals surface area contributed by atoms with E-state index in [1.807, 2.05) is 30.3 Å². The number of amides is 2. The highest BCUT2D eigenvalue weighted by Crippen LogP contribution is 2.30.